The fourth-order valence-corrected chi connectivity index (χ4v) is 5.36. The Labute approximate surface area is 213 Å². The second-order valence-corrected chi connectivity index (χ2v) is 9.70. The van der Waals surface area contributed by atoms with Gasteiger partial charge < -0.3 is 9.88 Å². The molecule has 4 aromatic carbocycles. The van der Waals surface area contributed by atoms with Gasteiger partial charge in [0.1, 0.15) is 0 Å². The molecule has 35 heavy (non-hydrogen) atoms. The number of nitrogens with one attached hydrogen (secondary N) is 1. The van der Waals surface area contributed by atoms with Gasteiger partial charge in [-0.1, -0.05) is 83.9 Å². The Morgan fingerprint density at radius 2 is 1.43 bits per heavy atom. The fourth-order valence-electron chi connectivity index (χ4n) is 5.10. The van der Waals surface area contributed by atoms with Gasteiger partial charge in [-0.2, -0.15) is 0 Å². The van der Waals surface area contributed by atoms with Crippen molar-refractivity contribution < 1.29 is 4.79 Å². The number of H-pyrrole nitrogens is 1. The van der Waals surface area contributed by atoms with E-state index >= 15 is 0 Å². The summed E-state index contributed by atoms with van der Waals surface area (Å²) in [5.41, 5.74) is 7.14. The molecule has 5 heteroatoms. The highest BCUT2D eigenvalue weighted by Gasteiger charge is 2.39. The number of nitrogens with zero attached hydrogens (tertiary/aromatic N) is 1. The summed E-state index contributed by atoms with van der Waals surface area (Å²) >= 11 is 12.3. The number of hydrogen-bond donors (Lipinski definition) is 1. The molecule has 5 aromatic rings. The third-order valence-corrected chi connectivity index (χ3v) is 7.27. The maximum absolute atomic E-state index is 13.7. The molecule has 0 radical (unpaired) electrons. The molecule has 1 N–H and O–H groups in total. The quantitative estimate of drug-likeness (QED) is 0.263. The van der Waals surface area contributed by atoms with Gasteiger partial charge in [-0.3, -0.25) is 4.79 Å². The van der Waals surface area contributed by atoms with Gasteiger partial charge in [0, 0.05) is 38.6 Å². The Morgan fingerprint density at radius 1 is 0.771 bits per heavy atom. The molecule has 6 rings (SSSR count). The van der Waals surface area contributed by atoms with Crippen LogP contribution in [0, 0.1) is 0 Å². The Bertz CT molecular complexity index is 1540. The molecule has 0 saturated heterocycles. The summed E-state index contributed by atoms with van der Waals surface area (Å²) < 4.78 is 0. The molecule has 1 atom stereocenters. The van der Waals surface area contributed by atoms with E-state index in [1.54, 1.807) is 0 Å². The van der Waals surface area contributed by atoms with E-state index in [9.17, 15) is 4.79 Å². The van der Waals surface area contributed by atoms with Crippen LogP contribution in [-0.2, 0) is 6.42 Å². The molecule has 0 aliphatic carbocycles. The SMILES string of the molecule is O=C1c2ccccc2[C@@H](c2c(-c3ccc(Cl)cc3)[nH]c3ccccc23)N1CCc1ccc(Cl)cc1. The minimum Gasteiger partial charge on any atom is -0.354 e. The van der Waals surface area contributed by atoms with Crippen LogP contribution in [0.15, 0.2) is 97.1 Å². The molecule has 172 valence electrons. The van der Waals surface area contributed by atoms with Crippen LogP contribution in [0.4, 0.5) is 0 Å². The number of para-hydroxylation sites is 1. The van der Waals surface area contributed by atoms with E-state index in [-0.39, 0.29) is 11.9 Å². The van der Waals surface area contributed by atoms with Gasteiger partial charge in [-0.25, -0.2) is 0 Å². The Morgan fingerprint density at radius 3 is 2.20 bits per heavy atom. The number of carbonyl (C=O) groups excluding carboxylic acids is 1. The maximum atomic E-state index is 13.7. The van der Waals surface area contributed by atoms with Crippen molar-refractivity contribution in [2.24, 2.45) is 0 Å². The molecule has 1 amide bonds. The van der Waals surface area contributed by atoms with Crippen molar-refractivity contribution in [3.8, 4) is 11.3 Å². The average molecular weight is 497 g/mol. The van der Waals surface area contributed by atoms with Gasteiger partial charge in [0.25, 0.3) is 5.91 Å². The minimum atomic E-state index is -0.201. The van der Waals surface area contributed by atoms with Gasteiger partial charge in [-0.05, 0) is 59.5 Å². The lowest BCUT2D eigenvalue weighted by molar-refractivity contribution is 0.0753. The van der Waals surface area contributed by atoms with E-state index in [1.165, 1.54) is 0 Å². The van der Waals surface area contributed by atoms with Crippen LogP contribution in [0.3, 0.4) is 0 Å². The zero-order valence-electron chi connectivity index (χ0n) is 18.8. The van der Waals surface area contributed by atoms with Gasteiger partial charge in [0.2, 0.25) is 0 Å². The summed E-state index contributed by atoms with van der Waals surface area (Å²) in [5.74, 6) is 0.0619. The lowest BCUT2D eigenvalue weighted by Crippen LogP contribution is -2.31. The van der Waals surface area contributed by atoms with Gasteiger partial charge in [0.05, 0.1) is 11.7 Å². The summed E-state index contributed by atoms with van der Waals surface area (Å²) in [4.78, 5) is 19.3. The number of amides is 1. The number of aromatic nitrogens is 1. The van der Waals surface area contributed by atoms with E-state index in [0.717, 1.165) is 50.8 Å². The van der Waals surface area contributed by atoms with Crippen molar-refractivity contribution in [2.45, 2.75) is 12.5 Å². The Balaban J connectivity index is 1.51. The third-order valence-electron chi connectivity index (χ3n) is 6.77. The van der Waals surface area contributed by atoms with Gasteiger partial charge >= 0.3 is 0 Å². The molecular formula is C30H22Cl2N2O. The molecular weight excluding hydrogens is 475 g/mol. The molecule has 2 heterocycles. The van der Waals surface area contributed by atoms with Crippen LogP contribution in [0.2, 0.25) is 10.0 Å². The van der Waals surface area contributed by atoms with Crippen molar-refractivity contribution in [2.75, 3.05) is 6.54 Å². The Kier molecular flexibility index (Phi) is 5.60. The predicted molar refractivity (Wildman–Crippen MR) is 143 cm³/mol. The van der Waals surface area contributed by atoms with Crippen molar-refractivity contribution in [1.82, 2.24) is 9.88 Å². The first kappa shape index (κ1) is 22.0. The standard InChI is InChI=1S/C30H22Cl2N2O/c31-21-13-9-19(10-14-21)17-18-34-29(23-5-1-2-6-24(23)30(34)35)27-25-7-3-4-8-26(25)33-28(27)20-11-15-22(32)16-12-20/h1-16,29,33H,17-18H2/t29-/m0/s1. The number of carbonyl (C=O) groups is 1. The van der Waals surface area contributed by atoms with E-state index < -0.39 is 0 Å². The van der Waals surface area contributed by atoms with Crippen LogP contribution in [0.25, 0.3) is 22.2 Å². The van der Waals surface area contributed by atoms with Crippen molar-refractivity contribution >= 4 is 40.0 Å². The van der Waals surface area contributed by atoms with Crippen molar-refractivity contribution in [3.05, 3.63) is 129 Å². The van der Waals surface area contributed by atoms with E-state index in [1.807, 2.05) is 83.8 Å². The fraction of sp³-hybridized carbons (Fsp3) is 0.100. The smallest absolute Gasteiger partial charge is 0.255 e. The highest BCUT2D eigenvalue weighted by atomic mass is 35.5. The molecule has 1 aliphatic rings. The molecule has 0 bridgehead atoms. The largest absolute Gasteiger partial charge is 0.354 e. The maximum Gasteiger partial charge on any atom is 0.255 e. The summed E-state index contributed by atoms with van der Waals surface area (Å²) in [7, 11) is 0. The lowest BCUT2D eigenvalue weighted by Gasteiger charge is -2.27. The highest BCUT2D eigenvalue weighted by molar-refractivity contribution is 6.30. The van der Waals surface area contributed by atoms with Crippen molar-refractivity contribution in [1.29, 1.82) is 0 Å². The summed E-state index contributed by atoms with van der Waals surface area (Å²) in [5, 5.41) is 2.52. The second-order valence-electron chi connectivity index (χ2n) is 8.83. The van der Waals surface area contributed by atoms with E-state index in [2.05, 4.69) is 23.2 Å². The monoisotopic (exact) mass is 496 g/mol. The summed E-state index contributed by atoms with van der Waals surface area (Å²) in [6.07, 6.45) is 0.742. The summed E-state index contributed by atoms with van der Waals surface area (Å²) in [6.45, 7) is 0.597. The number of halogens is 2. The molecule has 0 fully saturated rings. The van der Waals surface area contributed by atoms with Crippen LogP contribution in [-0.4, -0.2) is 22.3 Å². The average Bonchev–Trinajstić information content (AvgIpc) is 3.39. The van der Waals surface area contributed by atoms with Gasteiger partial charge in [0.15, 0.2) is 0 Å². The predicted octanol–water partition coefficient (Wildman–Crippen LogP) is 7.93. The normalized spacial score (nSPS) is 15.1. The zero-order chi connectivity index (χ0) is 23.9. The minimum absolute atomic E-state index is 0.0619. The first-order valence-electron chi connectivity index (χ1n) is 11.6. The number of aromatic amines is 1. The van der Waals surface area contributed by atoms with Crippen LogP contribution >= 0.6 is 23.2 Å². The first-order chi connectivity index (χ1) is 17.1. The van der Waals surface area contributed by atoms with E-state index in [4.69, 9.17) is 23.2 Å². The number of rotatable bonds is 5. The molecule has 0 saturated carbocycles. The number of fused-ring (bicyclic) bond motifs is 2. The third kappa shape index (κ3) is 3.91. The second kappa shape index (κ2) is 8.92. The molecule has 1 aromatic heterocycles. The zero-order valence-corrected chi connectivity index (χ0v) is 20.4. The molecule has 0 spiro atoms. The number of benzene rings is 4. The molecule has 1 aliphatic heterocycles. The van der Waals surface area contributed by atoms with E-state index in [0.29, 0.717) is 16.6 Å². The van der Waals surface area contributed by atoms with Crippen LogP contribution in [0.1, 0.15) is 33.1 Å². The van der Waals surface area contributed by atoms with Crippen LogP contribution in [0.5, 0.6) is 0 Å². The molecule has 3 nitrogen and oxygen atoms in total. The summed E-state index contributed by atoms with van der Waals surface area (Å²) in [6, 6.07) is 31.7. The lowest BCUT2D eigenvalue weighted by atomic mass is 9.93. The Hall–Kier alpha value is -3.53. The first-order valence-corrected chi connectivity index (χ1v) is 12.4. The van der Waals surface area contributed by atoms with Crippen molar-refractivity contribution in [3.63, 3.8) is 0 Å². The topological polar surface area (TPSA) is 36.1 Å². The molecule has 0 unspecified atom stereocenters. The van der Waals surface area contributed by atoms with Gasteiger partial charge in [-0.15, -0.1) is 0 Å². The number of hydrogen-bond acceptors (Lipinski definition) is 1. The van der Waals surface area contributed by atoms with Crippen LogP contribution < -0.4 is 0 Å². The highest BCUT2D eigenvalue weighted by Crippen LogP contribution is 2.45.